The monoisotopic (exact) mass is 234 g/mol. The molecule has 96 valence electrons. The van der Waals surface area contributed by atoms with E-state index in [9.17, 15) is 0 Å². The molecular formula is C15H26N2. The number of hydrogen-bond donors (Lipinski definition) is 0. The summed E-state index contributed by atoms with van der Waals surface area (Å²) in [6.45, 7) is 7.89. The summed E-state index contributed by atoms with van der Waals surface area (Å²) in [6, 6.07) is 11.4. The average molecular weight is 234 g/mol. The van der Waals surface area contributed by atoms with Crippen molar-refractivity contribution in [2.45, 2.75) is 32.9 Å². The SMILES string of the molecule is CCN(CC[C@H](C)N(C)C)Cc1ccccc1. The van der Waals surface area contributed by atoms with Gasteiger partial charge >= 0.3 is 0 Å². The molecule has 0 aliphatic rings. The van der Waals surface area contributed by atoms with Gasteiger partial charge in [-0.3, -0.25) is 4.90 Å². The Labute approximate surface area is 106 Å². The van der Waals surface area contributed by atoms with E-state index in [4.69, 9.17) is 0 Å². The molecular weight excluding hydrogens is 208 g/mol. The van der Waals surface area contributed by atoms with Crippen LogP contribution < -0.4 is 0 Å². The highest BCUT2D eigenvalue weighted by molar-refractivity contribution is 5.14. The van der Waals surface area contributed by atoms with Gasteiger partial charge < -0.3 is 4.90 Å². The fourth-order valence-electron chi connectivity index (χ4n) is 1.82. The van der Waals surface area contributed by atoms with E-state index in [1.165, 1.54) is 18.5 Å². The third kappa shape index (κ3) is 5.33. The van der Waals surface area contributed by atoms with Gasteiger partial charge in [0.2, 0.25) is 0 Å². The van der Waals surface area contributed by atoms with E-state index in [0.29, 0.717) is 6.04 Å². The molecule has 0 aliphatic carbocycles. The zero-order valence-electron chi connectivity index (χ0n) is 11.7. The summed E-state index contributed by atoms with van der Waals surface area (Å²) in [7, 11) is 4.30. The summed E-state index contributed by atoms with van der Waals surface area (Å²) in [6.07, 6.45) is 1.23. The molecule has 0 amide bonds. The largest absolute Gasteiger partial charge is 0.307 e. The van der Waals surface area contributed by atoms with Crippen LogP contribution in [0, 0.1) is 0 Å². The maximum atomic E-state index is 2.51. The van der Waals surface area contributed by atoms with Crippen LogP contribution in [-0.2, 0) is 6.54 Å². The van der Waals surface area contributed by atoms with Gasteiger partial charge in [0.25, 0.3) is 0 Å². The van der Waals surface area contributed by atoms with E-state index in [2.05, 4.69) is 68.1 Å². The predicted octanol–water partition coefficient (Wildman–Crippen LogP) is 2.85. The molecule has 1 atom stereocenters. The van der Waals surface area contributed by atoms with Crippen LogP contribution in [0.1, 0.15) is 25.8 Å². The fourth-order valence-corrected chi connectivity index (χ4v) is 1.82. The van der Waals surface area contributed by atoms with E-state index >= 15 is 0 Å². The zero-order chi connectivity index (χ0) is 12.7. The molecule has 17 heavy (non-hydrogen) atoms. The van der Waals surface area contributed by atoms with Crippen molar-refractivity contribution in [1.29, 1.82) is 0 Å². The first-order valence-corrected chi connectivity index (χ1v) is 6.56. The molecule has 2 heteroatoms. The van der Waals surface area contributed by atoms with E-state index < -0.39 is 0 Å². The molecule has 0 spiro atoms. The van der Waals surface area contributed by atoms with Crippen molar-refractivity contribution in [2.24, 2.45) is 0 Å². The van der Waals surface area contributed by atoms with Gasteiger partial charge in [0.05, 0.1) is 0 Å². The van der Waals surface area contributed by atoms with Gasteiger partial charge in [-0.1, -0.05) is 37.3 Å². The normalized spacial score (nSPS) is 13.3. The lowest BCUT2D eigenvalue weighted by molar-refractivity contribution is 0.225. The summed E-state index contributed by atoms with van der Waals surface area (Å²) in [5, 5.41) is 0. The highest BCUT2D eigenvalue weighted by atomic mass is 15.1. The predicted molar refractivity (Wildman–Crippen MR) is 75.2 cm³/mol. The lowest BCUT2D eigenvalue weighted by atomic mass is 10.2. The zero-order valence-corrected chi connectivity index (χ0v) is 11.7. The van der Waals surface area contributed by atoms with Crippen LogP contribution in [0.2, 0.25) is 0 Å². The first kappa shape index (κ1) is 14.2. The van der Waals surface area contributed by atoms with E-state index in [1.807, 2.05) is 0 Å². The van der Waals surface area contributed by atoms with Crippen LogP contribution in [0.4, 0.5) is 0 Å². The van der Waals surface area contributed by atoms with Crippen LogP contribution in [0.25, 0.3) is 0 Å². The van der Waals surface area contributed by atoms with Crippen LogP contribution in [0.5, 0.6) is 0 Å². The Hall–Kier alpha value is -0.860. The van der Waals surface area contributed by atoms with Gasteiger partial charge in [-0.25, -0.2) is 0 Å². The minimum atomic E-state index is 0.653. The minimum Gasteiger partial charge on any atom is -0.307 e. The molecule has 2 nitrogen and oxygen atoms in total. The number of hydrogen-bond acceptors (Lipinski definition) is 2. The molecule has 0 heterocycles. The molecule has 1 aromatic carbocycles. The summed E-state index contributed by atoms with van der Waals surface area (Å²) in [5.74, 6) is 0. The van der Waals surface area contributed by atoms with Gasteiger partial charge in [0.1, 0.15) is 0 Å². The van der Waals surface area contributed by atoms with Gasteiger partial charge in [-0.2, -0.15) is 0 Å². The molecule has 0 N–H and O–H groups in total. The molecule has 0 aliphatic heterocycles. The first-order valence-electron chi connectivity index (χ1n) is 6.56. The highest BCUT2D eigenvalue weighted by Gasteiger charge is 2.08. The second kappa shape index (κ2) is 7.46. The third-order valence-electron chi connectivity index (χ3n) is 3.44. The van der Waals surface area contributed by atoms with Gasteiger partial charge in [-0.15, -0.1) is 0 Å². The Morgan fingerprint density at radius 3 is 2.29 bits per heavy atom. The van der Waals surface area contributed by atoms with Gasteiger partial charge in [0.15, 0.2) is 0 Å². The molecule has 0 aromatic heterocycles. The fraction of sp³-hybridized carbons (Fsp3) is 0.600. The molecule has 0 radical (unpaired) electrons. The van der Waals surface area contributed by atoms with Gasteiger partial charge in [0, 0.05) is 12.6 Å². The maximum absolute atomic E-state index is 2.51. The first-order chi connectivity index (χ1) is 8.13. The van der Waals surface area contributed by atoms with Crippen molar-refractivity contribution in [3.05, 3.63) is 35.9 Å². The summed E-state index contributed by atoms with van der Waals surface area (Å²) < 4.78 is 0. The van der Waals surface area contributed by atoms with Crippen LogP contribution in [0.15, 0.2) is 30.3 Å². The van der Waals surface area contributed by atoms with Crippen molar-refractivity contribution in [2.75, 3.05) is 27.2 Å². The van der Waals surface area contributed by atoms with E-state index in [-0.39, 0.29) is 0 Å². The quantitative estimate of drug-likeness (QED) is 0.716. The molecule has 0 saturated heterocycles. The van der Waals surface area contributed by atoms with Crippen LogP contribution >= 0.6 is 0 Å². The van der Waals surface area contributed by atoms with Crippen LogP contribution in [-0.4, -0.2) is 43.0 Å². The third-order valence-corrected chi connectivity index (χ3v) is 3.44. The number of benzene rings is 1. The lowest BCUT2D eigenvalue weighted by Crippen LogP contribution is -2.31. The van der Waals surface area contributed by atoms with Crippen molar-refractivity contribution < 1.29 is 0 Å². The topological polar surface area (TPSA) is 6.48 Å². The molecule has 1 rings (SSSR count). The maximum Gasteiger partial charge on any atom is 0.0233 e. The Morgan fingerprint density at radius 2 is 1.76 bits per heavy atom. The molecule has 0 bridgehead atoms. The average Bonchev–Trinajstić information content (AvgIpc) is 2.35. The summed E-state index contributed by atoms with van der Waals surface area (Å²) in [5.41, 5.74) is 1.41. The van der Waals surface area contributed by atoms with E-state index in [0.717, 1.165) is 13.1 Å². The molecule has 1 aromatic rings. The molecule has 0 fully saturated rings. The smallest absolute Gasteiger partial charge is 0.0233 e. The Morgan fingerprint density at radius 1 is 1.12 bits per heavy atom. The van der Waals surface area contributed by atoms with Crippen molar-refractivity contribution >= 4 is 0 Å². The molecule has 0 saturated carbocycles. The van der Waals surface area contributed by atoms with Gasteiger partial charge in [-0.05, 0) is 46.1 Å². The summed E-state index contributed by atoms with van der Waals surface area (Å²) in [4.78, 5) is 4.80. The Balaban J connectivity index is 2.39. The number of nitrogens with zero attached hydrogens (tertiary/aromatic N) is 2. The van der Waals surface area contributed by atoms with Crippen molar-refractivity contribution in [1.82, 2.24) is 9.80 Å². The van der Waals surface area contributed by atoms with Crippen molar-refractivity contribution in [3.8, 4) is 0 Å². The standard InChI is InChI=1S/C15H26N2/c1-5-17(12-11-14(2)16(3)4)13-15-9-7-6-8-10-15/h6-10,14H,5,11-13H2,1-4H3/t14-/m0/s1. The highest BCUT2D eigenvalue weighted by Crippen LogP contribution is 2.07. The molecule has 0 unspecified atom stereocenters. The van der Waals surface area contributed by atoms with Crippen molar-refractivity contribution in [3.63, 3.8) is 0 Å². The van der Waals surface area contributed by atoms with Crippen LogP contribution in [0.3, 0.4) is 0 Å². The second-order valence-electron chi connectivity index (χ2n) is 4.96. The second-order valence-corrected chi connectivity index (χ2v) is 4.96. The lowest BCUT2D eigenvalue weighted by Gasteiger charge is -2.25. The number of rotatable bonds is 7. The van der Waals surface area contributed by atoms with E-state index in [1.54, 1.807) is 0 Å². The summed E-state index contributed by atoms with van der Waals surface area (Å²) >= 11 is 0. The Bertz CT molecular complexity index is 295. The Kier molecular flexibility index (Phi) is 6.23. The minimum absolute atomic E-state index is 0.653.